The van der Waals surface area contributed by atoms with Gasteiger partial charge in [-0.25, -0.2) is 4.98 Å². The molecule has 0 radical (unpaired) electrons. The Hall–Kier alpha value is -1.55. The van der Waals surface area contributed by atoms with E-state index in [-0.39, 0.29) is 6.61 Å². The summed E-state index contributed by atoms with van der Waals surface area (Å²) in [6, 6.07) is 5.97. The fraction of sp³-hybridized carbons (Fsp3) is 0.588. The second kappa shape index (κ2) is 6.06. The quantitative estimate of drug-likeness (QED) is 0.943. The van der Waals surface area contributed by atoms with Gasteiger partial charge in [-0.2, -0.15) is 0 Å². The molecule has 2 aromatic rings. The molecule has 114 valence electrons. The van der Waals surface area contributed by atoms with Gasteiger partial charge in [-0.1, -0.05) is 19.9 Å². The molecule has 3 heterocycles. The Bertz CT molecular complexity index is 605. The molecule has 1 saturated heterocycles. The van der Waals surface area contributed by atoms with Crippen molar-refractivity contribution in [2.24, 2.45) is 11.8 Å². The van der Waals surface area contributed by atoms with E-state index < -0.39 is 0 Å². The van der Waals surface area contributed by atoms with Crippen molar-refractivity contribution in [1.29, 1.82) is 0 Å². The van der Waals surface area contributed by atoms with E-state index in [9.17, 15) is 5.11 Å². The van der Waals surface area contributed by atoms with Crippen LogP contribution >= 0.6 is 0 Å². The van der Waals surface area contributed by atoms with Gasteiger partial charge in [0.15, 0.2) is 5.82 Å². The number of anilines is 1. The molecule has 0 aromatic carbocycles. The van der Waals surface area contributed by atoms with Gasteiger partial charge in [-0.3, -0.25) is 4.40 Å². The minimum absolute atomic E-state index is 0.0324. The highest BCUT2D eigenvalue weighted by Gasteiger charge is 2.23. The lowest BCUT2D eigenvalue weighted by atomic mass is 9.89. The number of pyridine rings is 1. The second-order valence-corrected chi connectivity index (χ2v) is 6.39. The summed E-state index contributed by atoms with van der Waals surface area (Å²) in [5.41, 5.74) is 1.83. The van der Waals surface area contributed by atoms with Crippen LogP contribution < -0.4 is 4.90 Å². The standard InChI is InChI=1S/C17H25N3O/c1-13(2)14-6-5-9-19(11-8-14)17-15(12-21)20-10-4-3-7-16(20)18-17/h3-4,7,10,13-14,21H,5-6,8-9,11-12H2,1-2H3. The molecule has 1 aliphatic heterocycles. The highest BCUT2D eigenvalue weighted by molar-refractivity contribution is 5.55. The van der Waals surface area contributed by atoms with Crippen LogP contribution in [0.15, 0.2) is 24.4 Å². The minimum Gasteiger partial charge on any atom is -0.390 e. The molecule has 4 heteroatoms. The maximum atomic E-state index is 9.76. The number of nitrogens with zero attached hydrogens (tertiary/aromatic N) is 3. The summed E-state index contributed by atoms with van der Waals surface area (Å²) in [5, 5.41) is 9.76. The third-order valence-electron chi connectivity index (χ3n) is 4.77. The summed E-state index contributed by atoms with van der Waals surface area (Å²) in [6.07, 6.45) is 5.71. The Labute approximate surface area is 126 Å². The van der Waals surface area contributed by atoms with E-state index in [0.717, 1.165) is 42.1 Å². The van der Waals surface area contributed by atoms with Gasteiger partial charge in [0.25, 0.3) is 0 Å². The Kier molecular flexibility index (Phi) is 4.15. The molecular formula is C17H25N3O. The third-order valence-corrected chi connectivity index (χ3v) is 4.77. The molecule has 1 atom stereocenters. The Morgan fingerprint density at radius 2 is 2.14 bits per heavy atom. The normalized spacial score (nSPS) is 20.2. The molecule has 0 spiro atoms. The van der Waals surface area contributed by atoms with E-state index in [4.69, 9.17) is 4.98 Å². The lowest BCUT2D eigenvalue weighted by molar-refractivity contribution is 0.276. The van der Waals surface area contributed by atoms with E-state index in [1.54, 1.807) is 0 Å². The molecule has 4 nitrogen and oxygen atoms in total. The summed E-state index contributed by atoms with van der Waals surface area (Å²) in [5.74, 6) is 2.53. The fourth-order valence-corrected chi connectivity index (χ4v) is 3.43. The number of hydrogen-bond donors (Lipinski definition) is 1. The summed E-state index contributed by atoms with van der Waals surface area (Å²) in [7, 11) is 0. The fourth-order valence-electron chi connectivity index (χ4n) is 3.43. The molecule has 1 N–H and O–H groups in total. The molecule has 0 amide bonds. The van der Waals surface area contributed by atoms with E-state index in [1.807, 2.05) is 28.8 Å². The van der Waals surface area contributed by atoms with Crippen LogP contribution in [-0.4, -0.2) is 27.6 Å². The lowest BCUT2D eigenvalue weighted by Gasteiger charge is -2.22. The number of imidazole rings is 1. The highest BCUT2D eigenvalue weighted by atomic mass is 16.3. The first-order chi connectivity index (χ1) is 10.2. The van der Waals surface area contributed by atoms with Gasteiger partial charge in [0.05, 0.1) is 12.3 Å². The molecule has 1 fully saturated rings. The first kappa shape index (κ1) is 14.4. The molecule has 1 unspecified atom stereocenters. The monoisotopic (exact) mass is 287 g/mol. The van der Waals surface area contributed by atoms with Crippen LogP contribution in [0.2, 0.25) is 0 Å². The van der Waals surface area contributed by atoms with Crippen LogP contribution in [0.1, 0.15) is 38.8 Å². The molecule has 3 rings (SSSR count). The molecule has 2 aromatic heterocycles. The first-order valence-corrected chi connectivity index (χ1v) is 8.02. The molecular weight excluding hydrogens is 262 g/mol. The van der Waals surface area contributed by atoms with Gasteiger partial charge in [-0.05, 0) is 43.2 Å². The van der Waals surface area contributed by atoms with Crippen LogP contribution in [0.3, 0.4) is 0 Å². The molecule has 0 aliphatic carbocycles. The maximum absolute atomic E-state index is 9.76. The van der Waals surface area contributed by atoms with Crippen molar-refractivity contribution in [3.63, 3.8) is 0 Å². The molecule has 0 bridgehead atoms. The Balaban J connectivity index is 1.89. The summed E-state index contributed by atoms with van der Waals surface area (Å²) in [4.78, 5) is 7.11. The zero-order chi connectivity index (χ0) is 14.8. The minimum atomic E-state index is 0.0324. The largest absolute Gasteiger partial charge is 0.390 e. The number of aromatic nitrogens is 2. The van der Waals surface area contributed by atoms with E-state index in [2.05, 4.69) is 18.7 Å². The van der Waals surface area contributed by atoms with Gasteiger partial charge in [0.1, 0.15) is 5.65 Å². The highest BCUT2D eigenvalue weighted by Crippen LogP contribution is 2.29. The Morgan fingerprint density at radius 3 is 2.90 bits per heavy atom. The van der Waals surface area contributed by atoms with Gasteiger partial charge in [0.2, 0.25) is 0 Å². The summed E-state index contributed by atoms with van der Waals surface area (Å²) >= 11 is 0. The average molecular weight is 287 g/mol. The topological polar surface area (TPSA) is 40.8 Å². The van der Waals surface area contributed by atoms with Crippen molar-refractivity contribution < 1.29 is 5.11 Å². The zero-order valence-corrected chi connectivity index (χ0v) is 13.0. The average Bonchev–Trinajstić information content (AvgIpc) is 2.68. The number of fused-ring (bicyclic) bond motifs is 1. The molecule has 0 saturated carbocycles. The van der Waals surface area contributed by atoms with E-state index in [1.165, 1.54) is 19.3 Å². The molecule has 1 aliphatic rings. The smallest absolute Gasteiger partial charge is 0.153 e. The van der Waals surface area contributed by atoms with Crippen LogP contribution in [0.4, 0.5) is 5.82 Å². The van der Waals surface area contributed by atoms with Crippen LogP contribution in [0.25, 0.3) is 5.65 Å². The predicted molar refractivity (Wildman–Crippen MR) is 85.5 cm³/mol. The van der Waals surface area contributed by atoms with Crippen molar-refractivity contribution in [2.45, 2.75) is 39.7 Å². The van der Waals surface area contributed by atoms with E-state index >= 15 is 0 Å². The number of hydrogen-bond acceptors (Lipinski definition) is 3. The predicted octanol–water partition coefficient (Wildman–Crippen LogP) is 3.09. The number of aliphatic hydroxyl groups is 1. The van der Waals surface area contributed by atoms with Crippen molar-refractivity contribution in [2.75, 3.05) is 18.0 Å². The molecule has 21 heavy (non-hydrogen) atoms. The van der Waals surface area contributed by atoms with Crippen molar-refractivity contribution in [3.05, 3.63) is 30.1 Å². The maximum Gasteiger partial charge on any atom is 0.153 e. The van der Waals surface area contributed by atoms with Gasteiger partial charge in [-0.15, -0.1) is 0 Å². The Morgan fingerprint density at radius 1 is 1.29 bits per heavy atom. The third kappa shape index (κ3) is 2.77. The number of aliphatic hydroxyl groups excluding tert-OH is 1. The van der Waals surface area contributed by atoms with E-state index in [0.29, 0.717) is 0 Å². The van der Waals surface area contributed by atoms with Crippen molar-refractivity contribution in [3.8, 4) is 0 Å². The zero-order valence-electron chi connectivity index (χ0n) is 13.0. The first-order valence-electron chi connectivity index (χ1n) is 8.02. The van der Waals surface area contributed by atoms with Gasteiger partial charge >= 0.3 is 0 Å². The second-order valence-electron chi connectivity index (χ2n) is 6.39. The van der Waals surface area contributed by atoms with Crippen LogP contribution in [-0.2, 0) is 6.61 Å². The lowest BCUT2D eigenvalue weighted by Crippen LogP contribution is -2.26. The van der Waals surface area contributed by atoms with Crippen LogP contribution in [0, 0.1) is 11.8 Å². The van der Waals surface area contributed by atoms with Gasteiger partial charge in [0, 0.05) is 19.3 Å². The van der Waals surface area contributed by atoms with Crippen molar-refractivity contribution >= 4 is 11.5 Å². The SMILES string of the molecule is CC(C)C1CCCN(c2nc3ccccn3c2CO)CC1. The summed E-state index contributed by atoms with van der Waals surface area (Å²) in [6.45, 7) is 6.76. The number of rotatable bonds is 3. The van der Waals surface area contributed by atoms with Crippen LogP contribution in [0.5, 0.6) is 0 Å². The summed E-state index contributed by atoms with van der Waals surface area (Å²) < 4.78 is 2.00. The van der Waals surface area contributed by atoms with Gasteiger partial charge < -0.3 is 10.0 Å². The van der Waals surface area contributed by atoms with Crippen molar-refractivity contribution in [1.82, 2.24) is 9.38 Å².